The summed E-state index contributed by atoms with van der Waals surface area (Å²) in [5, 5.41) is 11.7. The number of nitrogens with zero attached hydrogens (tertiary/aromatic N) is 5. The largest absolute Gasteiger partial charge is 0.492 e. The van der Waals surface area contributed by atoms with Gasteiger partial charge < -0.3 is 19.9 Å². The first-order chi connectivity index (χ1) is 22.6. The number of nitrogens with one attached hydrogen (secondary N) is 1. The minimum Gasteiger partial charge on any atom is -0.492 e. The van der Waals surface area contributed by atoms with Crippen molar-refractivity contribution >= 4 is 17.6 Å². The number of alkyl halides is 3. The standard InChI is InChI=1S/C35H39F3N6O3/c1-2-47-29-15-27(19-39-20-29)25-12-26(14-28(13-25)35(36,37)38)33(46)44-7-5-43(6-8-44)31-4-3-30(41-42-31)32(45)40-21-34-16-22-9-23(17-34)11-24(10-22)18-34/h3-4,12-15,19-20,22-24H,2,5-11,16-18,21H2,1H3,(H,40,45). The smallest absolute Gasteiger partial charge is 0.416 e. The monoisotopic (exact) mass is 648 g/mol. The molecule has 4 bridgehead atoms. The topological polar surface area (TPSA) is 101 Å². The number of carbonyl (C=O) groups is 2. The molecule has 248 valence electrons. The van der Waals surface area contributed by atoms with Gasteiger partial charge in [-0.25, -0.2) is 0 Å². The summed E-state index contributed by atoms with van der Waals surface area (Å²) in [6.45, 7) is 4.31. The number of anilines is 1. The van der Waals surface area contributed by atoms with Crippen LogP contribution in [0.5, 0.6) is 5.75 Å². The van der Waals surface area contributed by atoms with Gasteiger partial charge in [0.15, 0.2) is 11.5 Å². The van der Waals surface area contributed by atoms with Gasteiger partial charge in [0.1, 0.15) is 5.75 Å². The number of amides is 2. The molecule has 1 aromatic carbocycles. The molecule has 2 amide bonds. The quantitative estimate of drug-likeness (QED) is 0.327. The normalized spacial score (nSPS) is 25.1. The van der Waals surface area contributed by atoms with Gasteiger partial charge in [-0.1, -0.05) is 0 Å². The van der Waals surface area contributed by atoms with E-state index in [1.807, 2.05) is 4.90 Å². The Labute approximate surface area is 271 Å². The molecular formula is C35H39F3N6O3. The Bertz CT molecular complexity index is 1600. The molecule has 0 radical (unpaired) electrons. The van der Waals surface area contributed by atoms with Crippen LogP contribution < -0.4 is 15.0 Å². The van der Waals surface area contributed by atoms with E-state index in [4.69, 9.17) is 4.74 Å². The Kier molecular flexibility index (Phi) is 8.30. The molecule has 0 atom stereocenters. The van der Waals surface area contributed by atoms with Crippen molar-refractivity contribution in [1.29, 1.82) is 0 Å². The number of rotatable bonds is 8. The van der Waals surface area contributed by atoms with Crippen molar-refractivity contribution in [2.24, 2.45) is 23.2 Å². The molecular weight excluding hydrogens is 609 g/mol. The molecule has 8 rings (SSSR count). The van der Waals surface area contributed by atoms with E-state index in [2.05, 4.69) is 20.5 Å². The van der Waals surface area contributed by atoms with Gasteiger partial charge in [-0.2, -0.15) is 13.2 Å². The molecule has 1 aliphatic heterocycles. The number of hydrogen-bond acceptors (Lipinski definition) is 7. The Morgan fingerprint density at radius 3 is 2.23 bits per heavy atom. The van der Waals surface area contributed by atoms with Crippen LogP contribution >= 0.6 is 0 Å². The SMILES string of the molecule is CCOc1cncc(-c2cc(C(=O)N3CCN(c4ccc(C(=O)NCC56CC7CC(CC(C7)C5)C6)nn4)CC3)cc(C(F)(F)F)c2)c1. The van der Waals surface area contributed by atoms with Crippen molar-refractivity contribution < 1.29 is 27.5 Å². The number of pyridine rings is 1. The number of halogens is 3. The van der Waals surface area contributed by atoms with E-state index in [0.29, 0.717) is 56.5 Å². The summed E-state index contributed by atoms with van der Waals surface area (Å²) in [7, 11) is 0. The highest BCUT2D eigenvalue weighted by atomic mass is 19.4. The molecule has 12 heteroatoms. The van der Waals surface area contributed by atoms with Gasteiger partial charge in [-0.3, -0.25) is 14.6 Å². The van der Waals surface area contributed by atoms with Crippen LogP contribution in [0.15, 0.2) is 48.8 Å². The van der Waals surface area contributed by atoms with E-state index in [1.54, 1.807) is 30.0 Å². The molecule has 3 heterocycles. The van der Waals surface area contributed by atoms with E-state index < -0.39 is 17.6 Å². The van der Waals surface area contributed by atoms with Gasteiger partial charge in [0, 0.05) is 50.0 Å². The fraction of sp³-hybridized carbons (Fsp3) is 0.514. The second-order valence-electron chi connectivity index (χ2n) is 13.8. The maximum atomic E-state index is 13.9. The molecule has 5 fully saturated rings. The zero-order chi connectivity index (χ0) is 32.8. The molecule has 5 aliphatic rings. The van der Waals surface area contributed by atoms with Crippen molar-refractivity contribution in [2.45, 2.75) is 51.6 Å². The highest BCUT2D eigenvalue weighted by Gasteiger charge is 2.50. The molecule has 0 spiro atoms. The van der Waals surface area contributed by atoms with Gasteiger partial charge in [0.2, 0.25) is 0 Å². The number of benzene rings is 1. The number of piperazine rings is 1. The molecule has 47 heavy (non-hydrogen) atoms. The minimum atomic E-state index is -4.63. The molecule has 4 aliphatic carbocycles. The van der Waals surface area contributed by atoms with Crippen molar-refractivity contribution in [1.82, 2.24) is 25.4 Å². The predicted octanol–water partition coefficient (Wildman–Crippen LogP) is 5.86. The third-order valence-corrected chi connectivity index (χ3v) is 10.4. The van der Waals surface area contributed by atoms with Crippen molar-refractivity contribution in [3.05, 3.63) is 65.6 Å². The first kappa shape index (κ1) is 31.4. The fourth-order valence-corrected chi connectivity index (χ4v) is 8.70. The second kappa shape index (κ2) is 12.4. The van der Waals surface area contributed by atoms with Gasteiger partial charge in [0.05, 0.1) is 18.4 Å². The fourth-order valence-electron chi connectivity index (χ4n) is 8.70. The van der Waals surface area contributed by atoms with Crippen LogP contribution in [-0.2, 0) is 6.18 Å². The van der Waals surface area contributed by atoms with Crippen molar-refractivity contribution in [3.8, 4) is 16.9 Å². The lowest BCUT2D eigenvalue weighted by atomic mass is 9.49. The minimum absolute atomic E-state index is 0.0474. The van der Waals surface area contributed by atoms with Gasteiger partial charge >= 0.3 is 6.18 Å². The third kappa shape index (κ3) is 6.64. The van der Waals surface area contributed by atoms with Gasteiger partial charge in [0.25, 0.3) is 11.8 Å². The molecule has 2 aromatic heterocycles. The summed E-state index contributed by atoms with van der Waals surface area (Å²) in [5.74, 6) is 2.77. The molecule has 3 aromatic rings. The first-order valence-electron chi connectivity index (χ1n) is 16.5. The number of hydrogen-bond donors (Lipinski definition) is 1. The van der Waals surface area contributed by atoms with Gasteiger partial charge in [-0.15, -0.1) is 10.2 Å². The van der Waals surface area contributed by atoms with E-state index in [0.717, 1.165) is 29.9 Å². The summed E-state index contributed by atoms with van der Waals surface area (Å²) in [4.78, 5) is 34.0. The zero-order valence-corrected chi connectivity index (χ0v) is 26.4. The van der Waals surface area contributed by atoms with Crippen LogP contribution in [0.4, 0.5) is 19.0 Å². The van der Waals surface area contributed by atoms with Crippen molar-refractivity contribution in [2.75, 3.05) is 44.2 Å². The van der Waals surface area contributed by atoms with Crippen LogP contribution in [-0.4, -0.2) is 71.2 Å². The Hall–Kier alpha value is -4.22. The van der Waals surface area contributed by atoms with E-state index in [9.17, 15) is 22.8 Å². The summed E-state index contributed by atoms with van der Waals surface area (Å²) in [5.41, 5.74) is 0.202. The van der Waals surface area contributed by atoms with E-state index in [1.165, 1.54) is 57.0 Å². The zero-order valence-electron chi connectivity index (χ0n) is 26.4. The van der Waals surface area contributed by atoms with E-state index in [-0.39, 0.29) is 28.1 Å². The van der Waals surface area contributed by atoms with E-state index >= 15 is 0 Å². The third-order valence-electron chi connectivity index (χ3n) is 10.4. The molecule has 1 N–H and O–H groups in total. The van der Waals surface area contributed by atoms with Crippen LogP contribution in [0.25, 0.3) is 11.1 Å². The average Bonchev–Trinajstić information content (AvgIpc) is 3.06. The Morgan fingerprint density at radius 1 is 0.915 bits per heavy atom. The summed E-state index contributed by atoms with van der Waals surface area (Å²) in [6.07, 6.45) is 6.02. The summed E-state index contributed by atoms with van der Waals surface area (Å²) >= 11 is 0. The maximum absolute atomic E-state index is 13.9. The van der Waals surface area contributed by atoms with Crippen LogP contribution in [0.1, 0.15) is 71.9 Å². The van der Waals surface area contributed by atoms with Crippen molar-refractivity contribution in [3.63, 3.8) is 0 Å². The summed E-state index contributed by atoms with van der Waals surface area (Å²) in [6, 6.07) is 8.43. The average molecular weight is 649 g/mol. The molecule has 0 unspecified atom stereocenters. The lowest BCUT2D eigenvalue weighted by molar-refractivity contribution is -0.137. The van der Waals surface area contributed by atoms with Crippen LogP contribution in [0.3, 0.4) is 0 Å². The first-order valence-corrected chi connectivity index (χ1v) is 16.5. The highest BCUT2D eigenvalue weighted by molar-refractivity contribution is 5.96. The lowest BCUT2D eigenvalue weighted by Crippen LogP contribution is -2.51. The molecule has 4 saturated carbocycles. The van der Waals surface area contributed by atoms with Crippen LogP contribution in [0, 0.1) is 23.2 Å². The van der Waals surface area contributed by atoms with Crippen LogP contribution in [0.2, 0.25) is 0 Å². The molecule has 1 saturated heterocycles. The predicted molar refractivity (Wildman–Crippen MR) is 169 cm³/mol. The molecule has 9 nitrogen and oxygen atoms in total. The maximum Gasteiger partial charge on any atom is 0.416 e. The number of carbonyl (C=O) groups excluding carboxylic acids is 2. The second-order valence-corrected chi connectivity index (χ2v) is 13.8. The highest BCUT2D eigenvalue weighted by Crippen LogP contribution is 2.59. The summed E-state index contributed by atoms with van der Waals surface area (Å²) < 4.78 is 47.1. The lowest BCUT2D eigenvalue weighted by Gasteiger charge is -2.56. The number of ether oxygens (including phenoxy) is 1. The Morgan fingerprint density at radius 2 is 1.62 bits per heavy atom. The van der Waals surface area contributed by atoms with Gasteiger partial charge in [-0.05, 0) is 111 Å². The number of aromatic nitrogens is 3. The Balaban J connectivity index is 0.976.